The number of rotatable bonds is 13. The van der Waals surface area contributed by atoms with Crippen LogP contribution in [0.5, 0.6) is 0 Å². The molecule has 2 atom stereocenters. The van der Waals surface area contributed by atoms with Gasteiger partial charge in [-0.15, -0.1) is 23.7 Å². The van der Waals surface area contributed by atoms with Crippen molar-refractivity contribution >= 4 is 23.5 Å². The van der Waals surface area contributed by atoms with Gasteiger partial charge < -0.3 is 5.11 Å². The lowest BCUT2D eigenvalue weighted by Crippen LogP contribution is -2.44. The largest absolute Gasteiger partial charge is 0.386 e. The highest BCUT2D eigenvalue weighted by Crippen LogP contribution is 2.28. The first-order chi connectivity index (χ1) is 12.9. The predicted molar refractivity (Wildman–Crippen MR) is 106 cm³/mol. The van der Waals surface area contributed by atoms with Crippen LogP contribution in [0.25, 0.3) is 0 Å². The molecule has 0 radical (unpaired) electrons. The van der Waals surface area contributed by atoms with Crippen molar-refractivity contribution in [2.45, 2.75) is 71.4 Å². The van der Waals surface area contributed by atoms with Gasteiger partial charge in [-0.1, -0.05) is 27.2 Å². The fraction of sp³-hybridized carbons (Fsp3) is 0.650. The predicted octanol–water partition coefficient (Wildman–Crippen LogP) is 3.77. The lowest BCUT2D eigenvalue weighted by Gasteiger charge is -2.34. The van der Waals surface area contributed by atoms with E-state index in [1.807, 2.05) is 20.8 Å². The lowest BCUT2D eigenvalue weighted by molar-refractivity contribution is -0.209. The molecule has 0 fully saturated rings. The Kier molecular flexibility index (Phi) is 10.9. The Balaban J connectivity index is 2.89. The number of hydrogen-bond acceptors (Lipinski definition) is 6. The van der Waals surface area contributed by atoms with Crippen molar-refractivity contribution < 1.29 is 19.5 Å². The smallest absolute Gasteiger partial charge is 0.246 e. The van der Waals surface area contributed by atoms with Gasteiger partial charge in [0.25, 0.3) is 0 Å². The molecule has 1 heterocycles. The number of carbonyl (C=O) groups excluding carboxylic acids is 2. The standard InChI is InChI=1S/C20H30N2O4S/c1-5-7-9-11-26-22(19(25)10-8-6-2)17(15(3)4)12-18(24)20-21-16(13-23)14-27-20/h1,13-15,17-18,24H,6-12H2,2-4H3. The summed E-state index contributed by atoms with van der Waals surface area (Å²) >= 11 is 1.24. The van der Waals surface area contributed by atoms with Crippen molar-refractivity contribution in [1.82, 2.24) is 10.0 Å². The first-order valence-corrected chi connectivity index (χ1v) is 10.3. The molecule has 2 unspecified atom stereocenters. The summed E-state index contributed by atoms with van der Waals surface area (Å²) in [5.41, 5.74) is 0.302. The minimum atomic E-state index is -0.869. The average molecular weight is 395 g/mol. The van der Waals surface area contributed by atoms with Crippen LogP contribution in [0.3, 0.4) is 0 Å². The van der Waals surface area contributed by atoms with Crippen LogP contribution in [0.4, 0.5) is 0 Å². The van der Waals surface area contributed by atoms with Crippen LogP contribution < -0.4 is 0 Å². The SMILES string of the molecule is C#CCCCON(C(=O)CCCC)C(CC(O)c1nc(C=O)cs1)C(C)C. The van der Waals surface area contributed by atoms with Crippen LogP contribution in [0, 0.1) is 18.3 Å². The van der Waals surface area contributed by atoms with E-state index in [2.05, 4.69) is 10.9 Å². The fourth-order valence-electron chi connectivity index (χ4n) is 2.60. The molecule has 0 saturated heterocycles. The summed E-state index contributed by atoms with van der Waals surface area (Å²) in [5.74, 6) is 2.55. The Morgan fingerprint density at radius 1 is 1.48 bits per heavy atom. The molecular formula is C20H30N2O4S. The Hall–Kier alpha value is -1.75. The molecule has 150 valence electrons. The summed E-state index contributed by atoms with van der Waals surface area (Å²) in [6.45, 7) is 6.36. The summed E-state index contributed by atoms with van der Waals surface area (Å²) < 4.78 is 0. The topological polar surface area (TPSA) is 79.7 Å². The third-order valence-corrected chi connectivity index (χ3v) is 5.13. The number of amides is 1. The van der Waals surface area contributed by atoms with Crippen molar-refractivity contribution in [2.24, 2.45) is 5.92 Å². The molecule has 0 aliphatic heterocycles. The Morgan fingerprint density at radius 2 is 2.22 bits per heavy atom. The third-order valence-electron chi connectivity index (χ3n) is 4.17. The van der Waals surface area contributed by atoms with E-state index in [0.717, 1.165) is 12.8 Å². The van der Waals surface area contributed by atoms with Crippen molar-refractivity contribution in [2.75, 3.05) is 6.61 Å². The molecular weight excluding hydrogens is 364 g/mol. The number of hydrogen-bond donors (Lipinski definition) is 1. The summed E-state index contributed by atoms with van der Waals surface area (Å²) in [5, 5.41) is 14.1. The molecule has 27 heavy (non-hydrogen) atoms. The fourth-order valence-corrected chi connectivity index (χ4v) is 3.37. The number of nitrogens with zero attached hydrogens (tertiary/aromatic N) is 2. The second-order valence-corrected chi connectivity index (χ2v) is 7.64. The molecule has 6 nitrogen and oxygen atoms in total. The van der Waals surface area contributed by atoms with Crippen LogP contribution in [0.2, 0.25) is 0 Å². The Morgan fingerprint density at radius 3 is 2.78 bits per heavy atom. The molecule has 0 aliphatic carbocycles. The monoisotopic (exact) mass is 394 g/mol. The van der Waals surface area contributed by atoms with E-state index in [9.17, 15) is 14.7 Å². The third kappa shape index (κ3) is 7.79. The van der Waals surface area contributed by atoms with Crippen LogP contribution >= 0.6 is 11.3 Å². The van der Waals surface area contributed by atoms with Crippen molar-refractivity contribution in [3.05, 3.63) is 16.1 Å². The number of aromatic nitrogens is 1. The Bertz CT molecular complexity index is 624. The molecule has 1 aromatic rings. The van der Waals surface area contributed by atoms with Crippen molar-refractivity contribution in [3.63, 3.8) is 0 Å². The van der Waals surface area contributed by atoms with E-state index in [1.165, 1.54) is 16.4 Å². The van der Waals surface area contributed by atoms with E-state index in [1.54, 1.807) is 5.38 Å². The van der Waals surface area contributed by atoms with E-state index in [4.69, 9.17) is 11.3 Å². The second-order valence-electron chi connectivity index (χ2n) is 6.76. The van der Waals surface area contributed by atoms with Gasteiger partial charge in [0.1, 0.15) is 16.8 Å². The van der Waals surface area contributed by atoms with Crippen molar-refractivity contribution in [1.29, 1.82) is 0 Å². The highest BCUT2D eigenvalue weighted by Gasteiger charge is 2.30. The first kappa shape index (κ1) is 23.3. The molecule has 0 spiro atoms. The molecule has 1 amide bonds. The van der Waals surface area contributed by atoms with Gasteiger partial charge in [0.05, 0.1) is 12.6 Å². The zero-order chi connectivity index (χ0) is 20.2. The summed E-state index contributed by atoms with van der Waals surface area (Å²) in [7, 11) is 0. The first-order valence-electron chi connectivity index (χ1n) is 9.41. The number of hydroxylamine groups is 2. The van der Waals surface area contributed by atoms with Gasteiger partial charge in [0, 0.05) is 24.6 Å². The number of unbranched alkanes of at least 4 members (excludes halogenated alkanes) is 2. The van der Waals surface area contributed by atoms with Gasteiger partial charge in [0.2, 0.25) is 5.91 Å². The number of terminal acetylenes is 1. The molecule has 7 heteroatoms. The Labute approximate surface area is 165 Å². The summed E-state index contributed by atoms with van der Waals surface area (Å²) in [4.78, 5) is 33.4. The number of aliphatic hydroxyl groups excluding tert-OH is 1. The normalized spacial score (nSPS) is 13.2. The molecule has 1 aromatic heterocycles. The van der Waals surface area contributed by atoms with Crippen LogP contribution in [-0.2, 0) is 9.63 Å². The lowest BCUT2D eigenvalue weighted by atomic mass is 9.97. The summed E-state index contributed by atoms with van der Waals surface area (Å²) in [6, 6.07) is -0.307. The number of aliphatic hydroxyl groups is 1. The maximum absolute atomic E-state index is 12.7. The minimum absolute atomic E-state index is 0.0726. The zero-order valence-corrected chi connectivity index (χ0v) is 17.2. The molecule has 0 aromatic carbocycles. The summed E-state index contributed by atoms with van der Waals surface area (Å²) in [6.07, 6.45) is 8.69. The van der Waals surface area contributed by atoms with Gasteiger partial charge in [-0.25, -0.2) is 10.0 Å². The van der Waals surface area contributed by atoms with Gasteiger partial charge in [-0.2, -0.15) is 0 Å². The molecule has 1 N–H and O–H groups in total. The van der Waals surface area contributed by atoms with Crippen LogP contribution in [-0.4, -0.2) is 40.0 Å². The van der Waals surface area contributed by atoms with E-state index < -0.39 is 6.10 Å². The average Bonchev–Trinajstić information content (AvgIpc) is 3.14. The van der Waals surface area contributed by atoms with Crippen molar-refractivity contribution in [3.8, 4) is 12.3 Å². The number of carbonyl (C=O) groups is 2. The maximum atomic E-state index is 12.7. The minimum Gasteiger partial charge on any atom is -0.386 e. The highest BCUT2D eigenvalue weighted by atomic mass is 32.1. The maximum Gasteiger partial charge on any atom is 0.246 e. The highest BCUT2D eigenvalue weighted by molar-refractivity contribution is 7.09. The van der Waals surface area contributed by atoms with Gasteiger partial charge >= 0.3 is 0 Å². The van der Waals surface area contributed by atoms with Gasteiger partial charge in [0.15, 0.2) is 6.29 Å². The van der Waals surface area contributed by atoms with Crippen LogP contribution in [0.1, 0.15) is 80.9 Å². The number of thiazole rings is 1. The van der Waals surface area contributed by atoms with Gasteiger partial charge in [-0.3, -0.25) is 14.4 Å². The second kappa shape index (κ2) is 12.6. The quantitative estimate of drug-likeness (QED) is 0.238. The van der Waals surface area contributed by atoms with E-state index in [0.29, 0.717) is 42.9 Å². The van der Waals surface area contributed by atoms with Crippen LogP contribution in [0.15, 0.2) is 5.38 Å². The number of aldehydes is 1. The van der Waals surface area contributed by atoms with Gasteiger partial charge in [-0.05, 0) is 18.8 Å². The molecule has 1 rings (SSSR count). The molecule has 0 bridgehead atoms. The van der Waals surface area contributed by atoms with E-state index >= 15 is 0 Å². The zero-order valence-electron chi connectivity index (χ0n) is 16.4. The molecule has 0 aliphatic rings. The molecule has 0 saturated carbocycles. The van der Waals surface area contributed by atoms with E-state index in [-0.39, 0.29) is 24.3 Å².